The molecule has 7 heteroatoms. The van der Waals surface area contributed by atoms with Gasteiger partial charge < -0.3 is 19.5 Å². The number of carbonyl (C=O) groups excluding carboxylic acids is 1. The highest BCUT2D eigenvalue weighted by Gasteiger charge is 2.51. The number of halogens is 2. The highest BCUT2D eigenvalue weighted by Crippen LogP contribution is 2.47. The van der Waals surface area contributed by atoms with Crippen LogP contribution in [-0.2, 0) is 10.3 Å². The Labute approximate surface area is 151 Å². The number of ether oxygens (including phenoxy) is 2. The van der Waals surface area contributed by atoms with Gasteiger partial charge in [0.05, 0.1) is 12.7 Å². The van der Waals surface area contributed by atoms with Gasteiger partial charge in [-0.15, -0.1) is 0 Å². The molecule has 2 unspecified atom stereocenters. The Morgan fingerprint density at radius 3 is 2.12 bits per heavy atom. The van der Waals surface area contributed by atoms with Crippen LogP contribution >= 0.6 is 0 Å². The molecule has 144 valence electrons. The average molecular weight is 369 g/mol. The molecule has 3 rings (SSSR count). The first-order valence-corrected chi connectivity index (χ1v) is 8.81. The van der Waals surface area contributed by atoms with E-state index in [0.717, 1.165) is 25.0 Å². The highest BCUT2D eigenvalue weighted by atomic mass is 19.1. The second kappa shape index (κ2) is 6.37. The maximum atomic E-state index is 14.1. The standard InChI is InChI=1S/C19H25F2NO4/c1-18(2,3)26-17(23)22-12-5-6-13(22)10-19(24,9-12)11-7-14(20)16(25-4)15(21)8-11/h7-8,12-13,24H,5-6,9-10H2,1-4H3. The smallest absolute Gasteiger partial charge is 0.410 e. The van der Waals surface area contributed by atoms with Gasteiger partial charge in [-0.25, -0.2) is 13.6 Å². The molecule has 1 amide bonds. The van der Waals surface area contributed by atoms with Crippen LogP contribution < -0.4 is 4.74 Å². The lowest BCUT2D eigenvalue weighted by Gasteiger charge is -2.44. The topological polar surface area (TPSA) is 59.0 Å². The average Bonchev–Trinajstić information content (AvgIpc) is 2.78. The van der Waals surface area contributed by atoms with Crippen molar-refractivity contribution in [1.29, 1.82) is 0 Å². The Balaban J connectivity index is 1.85. The summed E-state index contributed by atoms with van der Waals surface area (Å²) in [6, 6.07) is 1.79. The minimum atomic E-state index is -1.39. The largest absolute Gasteiger partial charge is 0.491 e. The van der Waals surface area contributed by atoms with E-state index < -0.39 is 34.7 Å². The zero-order valence-corrected chi connectivity index (χ0v) is 15.5. The third-order valence-corrected chi connectivity index (χ3v) is 5.11. The number of amides is 1. The van der Waals surface area contributed by atoms with Crippen molar-refractivity contribution in [3.05, 3.63) is 29.3 Å². The minimum absolute atomic E-state index is 0.175. The molecule has 26 heavy (non-hydrogen) atoms. The fraction of sp³-hybridized carbons (Fsp3) is 0.632. The summed E-state index contributed by atoms with van der Waals surface area (Å²) in [5.74, 6) is -2.16. The first kappa shape index (κ1) is 18.9. The maximum Gasteiger partial charge on any atom is 0.410 e. The van der Waals surface area contributed by atoms with Crippen LogP contribution in [0.25, 0.3) is 0 Å². The molecule has 2 fully saturated rings. The number of benzene rings is 1. The minimum Gasteiger partial charge on any atom is -0.491 e. The van der Waals surface area contributed by atoms with Crippen LogP contribution in [0.4, 0.5) is 13.6 Å². The van der Waals surface area contributed by atoms with E-state index in [4.69, 9.17) is 9.47 Å². The van der Waals surface area contributed by atoms with E-state index in [0.29, 0.717) is 0 Å². The van der Waals surface area contributed by atoms with Crippen LogP contribution in [0.1, 0.15) is 52.0 Å². The van der Waals surface area contributed by atoms with E-state index in [1.807, 2.05) is 0 Å². The van der Waals surface area contributed by atoms with E-state index in [1.54, 1.807) is 25.7 Å². The van der Waals surface area contributed by atoms with Gasteiger partial charge in [-0.3, -0.25) is 0 Å². The molecule has 0 aromatic heterocycles. The summed E-state index contributed by atoms with van der Waals surface area (Å²) in [6.45, 7) is 5.40. The molecule has 2 heterocycles. The zero-order valence-electron chi connectivity index (χ0n) is 15.5. The number of piperidine rings is 1. The van der Waals surface area contributed by atoms with E-state index in [-0.39, 0.29) is 30.5 Å². The van der Waals surface area contributed by atoms with Gasteiger partial charge in [0.2, 0.25) is 0 Å². The molecule has 0 radical (unpaired) electrons. The molecule has 1 N–H and O–H groups in total. The molecule has 5 nitrogen and oxygen atoms in total. The van der Waals surface area contributed by atoms with Gasteiger partial charge in [-0.2, -0.15) is 0 Å². The Hall–Kier alpha value is -1.89. The Morgan fingerprint density at radius 2 is 1.69 bits per heavy atom. The van der Waals surface area contributed by atoms with Crippen molar-refractivity contribution in [1.82, 2.24) is 4.90 Å². The normalized spacial score (nSPS) is 28.2. The van der Waals surface area contributed by atoms with E-state index in [9.17, 15) is 18.7 Å². The van der Waals surface area contributed by atoms with Crippen molar-refractivity contribution in [2.24, 2.45) is 0 Å². The van der Waals surface area contributed by atoms with Gasteiger partial charge in [0.1, 0.15) is 5.60 Å². The highest BCUT2D eigenvalue weighted by molar-refractivity contribution is 5.69. The third kappa shape index (κ3) is 3.37. The molecule has 0 saturated carbocycles. The zero-order chi connectivity index (χ0) is 19.3. The van der Waals surface area contributed by atoms with Crippen molar-refractivity contribution >= 4 is 6.09 Å². The summed E-state index contributed by atoms with van der Waals surface area (Å²) in [7, 11) is 1.19. The molecule has 0 aliphatic carbocycles. The molecular weight excluding hydrogens is 344 g/mol. The lowest BCUT2D eigenvalue weighted by atomic mass is 9.80. The van der Waals surface area contributed by atoms with Crippen LogP contribution in [-0.4, -0.2) is 40.9 Å². The summed E-state index contributed by atoms with van der Waals surface area (Å²) in [4.78, 5) is 14.2. The Kier molecular flexibility index (Phi) is 4.63. The molecule has 1 aromatic carbocycles. The summed E-state index contributed by atoms with van der Waals surface area (Å²) < 4.78 is 38.3. The predicted octanol–water partition coefficient (Wildman–Crippen LogP) is 3.72. The fourth-order valence-electron chi connectivity index (χ4n) is 4.10. The number of methoxy groups -OCH3 is 1. The van der Waals surface area contributed by atoms with E-state index in [1.165, 1.54) is 7.11 Å². The van der Waals surface area contributed by atoms with Crippen molar-refractivity contribution in [2.45, 2.75) is 69.7 Å². The number of carbonyl (C=O) groups is 1. The first-order chi connectivity index (χ1) is 12.0. The summed E-state index contributed by atoms with van der Waals surface area (Å²) >= 11 is 0. The van der Waals surface area contributed by atoms with Crippen LogP contribution in [0.15, 0.2) is 12.1 Å². The summed E-state index contributed by atoms with van der Waals surface area (Å²) in [5.41, 5.74) is -1.82. The number of aliphatic hydroxyl groups is 1. The third-order valence-electron chi connectivity index (χ3n) is 5.11. The SMILES string of the molecule is COc1c(F)cc(C2(O)CC3CCC(C2)N3C(=O)OC(C)(C)C)cc1F. The van der Waals surface area contributed by atoms with Crippen molar-refractivity contribution in [3.63, 3.8) is 0 Å². The van der Waals surface area contributed by atoms with Gasteiger partial charge in [0.15, 0.2) is 17.4 Å². The van der Waals surface area contributed by atoms with Crippen LogP contribution in [0.2, 0.25) is 0 Å². The lowest BCUT2D eigenvalue weighted by molar-refractivity contribution is -0.0627. The first-order valence-electron chi connectivity index (χ1n) is 8.81. The molecule has 1 aromatic rings. The van der Waals surface area contributed by atoms with Gasteiger partial charge in [0, 0.05) is 24.9 Å². The van der Waals surface area contributed by atoms with Crippen molar-refractivity contribution < 1.29 is 28.2 Å². The van der Waals surface area contributed by atoms with Crippen LogP contribution in [0.5, 0.6) is 5.75 Å². The molecule has 2 aliphatic rings. The second-order valence-electron chi connectivity index (χ2n) is 8.19. The molecular formula is C19H25F2NO4. The lowest BCUT2D eigenvalue weighted by Crippen LogP contribution is -2.53. The summed E-state index contributed by atoms with van der Waals surface area (Å²) in [6.07, 6.45) is 1.49. The van der Waals surface area contributed by atoms with Gasteiger partial charge in [-0.1, -0.05) is 0 Å². The summed E-state index contributed by atoms with van der Waals surface area (Å²) in [5, 5.41) is 11.1. The van der Waals surface area contributed by atoms with Crippen LogP contribution in [0.3, 0.4) is 0 Å². The number of rotatable bonds is 2. The molecule has 2 atom stereocenters. The van der Waals surface area contributed by atoms with Crippen molar-refractivity contribution in [3.8, 4) is 5.75 Å². The van der Waals surface area contributed by atoms with Crippen molar-refractivity contribution in [2.75, 3.05) is 7.11 Å². The predicted molar refractivity (Wildman–Crippen MR) is 90.9 cm³/mol. The Bertz CT molecular complexity index is 679. The van der Waals surface area contributed by atoms with Gasteiger partial charge in [0.25, 0.3) is 0 Å². The Morgan fingerprint density at radius 1 is 1.19 bits per heavy atom. The monoisotopic (exact) mass is 369 g/mol. The quantitative estimate of drug-likeness (QED) is 0.863. The van der Waals surface area contributed by atoms with Gasteiger partial charge >= 0.3 is 6.09 Å². The number of hydrogen-bond acceptors (Lipinski definition) is 4. The van der Waals surface area contributed by atoms with Gasteiger partial charge in [-0.05, 0) is 51.3 Å². The number of fused-ring (bicyclic) bond motifs is 2. The van der Waals surface area contributed by atoms with E-state index in [2.05, 4.69) is 0 Å². The second-order valence-corrected chi connectivity index (χ2v) is 8.19. The van der Waals surface area contributed by atoms with Crippen LogP contribution in [0, 0.1) is 11.6 Å². The number of hydrogen-bond donors (Lipinski definition) is 1. The molecule has 2 aliphatic heterocycles. The molecule has 0 spiro atoms. The maximum absolute atomic E-state index is 14.1. The fourth-order valence-corrected chi connectivity index (χ4v) is 4.10. The number of nitrogens with zero attached hydrogens (tertiary/aromatic N) is 1. The molecule has 2 saturated heterocycles. The van der Waals surface area contributed by atoms with E-state index >= 15 is 0 Å². The molecule has 2 bridgehead atoms.